The first kappa shape index (κ1) is 27.7. The Bertz CT molecular complexity index is 1540. The number of amides is 1. The van der Waals surface area contributed by atoms with Gasteiger partial charge in [0, 0.05) is 25.0 Å². The molecule has 0 fully saturated rings. The van der Waals surface area contributed by atoms with Gasteiger partial charge in [-0.15, -0.1) is 0 Å². The number of rotatable bonds is 9. The maximum absolute atomic E-state index is 12.8. The molecule has 11 nitrogen and oxygen atoms in total. The van der Waals surface area contributed by atoms with Crippen molar-refractivity contribution in [1.82, 2.24) is 14.1 Å². The lowest BCUT2D eigenvalue weighted by atomic mass is 10.1. The van der Waals surface area contributed by atoms with Crippen LogP contribution in [0.25, 0.3) is 6.08 Å². The molecular formula is C27H30N6O5. The molecule has 0 radical (unpaired) electrons. The van der Waals surface area contributed by atoms with E-state index in [0.29, 0.717) is 5.56 Å². The number of esters is 1. The molecule has 0 saturated heterocycles. The maximum Gasteiger partial charge on any atom is 0.349 e. The number of nitrogens with one attached hydrogen (secondary N) is 1. The van der Waals surface area contributed by atoms with Crippen molar-refractivity contribution in [3.05, 3.63) is 85.3 Å². The Labute approximate surface area is 219 Å². The number of likely N-dealkylation sites (N-methyl/N-ethyl adjacent to an activating group) is 1. The van der Waals surface area contributed by atoms with Crippen LogP contribution in [0, 0.1) is 25.2 Å². The van der Waals surface area contributed by atoms with Gasteiger partial charge < -0.3 is 19.9 Å². The molecule has 3 rings (SSSR count). The van der Waals surface area contributed by atoms with Gasteiger partial charge in [-0.1, -0.05) is 37.3 Å². The third-order valence-electron chi connectivity index (χ3n) is 6.13. The van der Waals surface area contributed by atoms with Crippen LogP contribution in [-0.4, -0.2) is 39.6 Å². The minimum Gasteiger partial charge on any atom is -0.451 e. The molecule has 0 saturated carbocycles. The molecular weight excluding hydrogens is 488 g/mol. The third-order valence-corrected chi connectivity index (χ3v) is 6.13. The number of aromatic amines is 1. The minimum atomic E-state index is -0.981. The number of carbonyl (C=O) groups is 2. The number of nitriles is 1. The van der Waals surface area contributed by atoms with Crippen LogP contribution in [-0.2, 0) is 27.4 Å². The molecule has 3 aromatic rings. The van der Waals surface area contributed by atoms with Gasteiger partial charge in [-0.05, 0) is 43.5 Å². The van der Waals surface area contributed by atoms with E-state index >= 15 is 0 Å². The minimum absolute atomic E-state index is 0.0709. The second-order valence-electron chi connectivity index (χ2n) is 8.74. The van der Waals surface area contributed by atoms with Crippen LogP contribution < -0.4 is 21.9 Å². The summed E-state index contributed by atoms with van der Waals surface area (Å²) in [5.74, 6) is -1.98. The summed E-state index contributed by atoms with van der Waals surface area (Å²) in [6, 6.07) is 12.7. The standard InChI is InChI=1S/C27H30N6O5/c1-5-11-32-17(2)12-20(18(32)3)13-21(14-28)26(36)38-16-22(34)31(4)23-24(29)33(27(37)30-25(23)35)15-19-9-7-6-8-10-19/h6-10,12-13H,5,11,15-16,29H2,1-4H3,(H,30,35,37)/b21-13+. The molecule has 1 aromatic carbocycles. The molecule has 0 unspecified atom stereocenters. The van der Waals surface area contributed by atoms with Crippen LogP contribution in [0.1, 0.15) is 35.9 Å². The fourth-order valence-corrected chi connectivity index (χ4v) is 4.08. The zero-order valence-corrected chi connectivity index (χ0v) is 21.8. The Hall–Kier alpha value is -4.85. The number of aryl methyl sites for hydroxylation is 1. The highest BCUT2D eigenvalue weighted by molar-refractivity contribution is 6.01. The van der Waals surface area contributed by atoms with E-state index in [1.807, 2.05) is 32.0 Å². The van der Waals surface area contributed by atoms with Gasteiger partial charge in [0.1, 0.15) is 17.5 Å². The second-order valence-corrected chi connectivity index (χ2v) is 8.74. The van der Waals surface area contributed by atoms with E-state index in [4.69, 9.17) is 10.5 Å². The number of aromatic nitrogens is 3. The molecule has 0 aliphatic heterocycles. The molecule has 11 heteroatoms. The molecule has 198 valence electrons. The lowest BCUT2D eigenvalue weighted by Crippen LogP contribution is -2.40. The van der Waals surface area contributed by atoms with Gasteiger partial charge in [0.2, 0.25) is 0 Å². The quantitative estimate of drug-likeness (QED) is 0.250. The van der Waals surface area contributed by atoms with Gasteiger partial charge in [-0.3, -0.25) is 19.1 Å². The molecule has 2 aromatic heterocycles. The highest BCUT2D eigenvalue weighted by Crippen LogP contribution is 2.20. The Morgan fingerprint density at radius 2 is 1.87 bits per heavy atom. The van der Waals surface area contributed by atoms with E-state index in [0.717, 1.165) is 39.4 Å². The number of H-pyrrole nitrogens is 1. The summed E-state index contributed by atoms with van der Waals surface area (Å²) in [6.45, 7) is 6.02. The zero-order valence-electron chi connectivity index (χ0n) is 21.8. The van der Waals surface area contributed by atoms with E-state index in [1.165, 1.54) is 13.1 Å². The smallest absolute Gasteiger partial charge is 0.349 e. The van der Waals surface area contributed by atoms with Crippen LogP contribution in [0.5, 0.6) is 0 Å². The molecule has 0 bridgehead atoms. The fourth-order valence-electron chi connectivity index (χ4n) is 4.08. The largest absolute Gasteiger partial charge is 0.451 e. The van der Waals surface area contributed by atoms with Crippen LogP contribution in [0.15, 0.2) is 51.6 Å². The molecule has 2 heterocycles. The monoisotopic (exact) mass is 518 g/mol. The third kappa shape index (κ3) is 5.92. The highest BCUT2D eigenvalue weighted by Gasteiger charge is 2.23. The van der Waals surface area contributed by atoms with Crippen molar-refractivity contribution in [2.24, 2.45) is 0 Å². The molecule has 0 spiro atoms. The first-order chi connectivity index (χ1) is 18.1. The number of nitrogen functional groups attached to an aromatic ring is 1. The van der Waals surface area contributed by atoms with Crippen molar-refractivity contribution in [2.45, 2.75) is 40.3 Å². The number of hydrogen-bond acceptors (Lipinski definition) is 7. The van der Waals surface area contributed by atoms with Crippen LogP contribution in [0.3, 0.4) is 0 Å². The predicted octanol–water partition coefficient (Wildman–Crippen LogP) is 2.11. The molecule has 1 amide bonds. The number of anilines is 2. The van der Waals surface area contributed by atoms with E-state index in [1.54, 1.807) is 24.3 Å². The van der Waals surface area contributed by atoms with Crippen molar-refractivity contribution in [2.75, 3.05) is 24.3 Å². The van der Waals surface area contributed by atoms with Crippen LogP contribution >= 0.6 is 0 Å². The van der Waals surface area contributed by atoms with E-state index < -0.39 is 29.7 Å². The topological polar surface area (TPSA) is 156 Å². The van der Waals surface area contributed by atoms with Crippen LogP contribution in [0.2, 0.25) is 0 Å². The van der Waals surface area contributed by atoms with Crippen molar-refractivity contribution in [3.8, 4) is 6.07 Å². The van der Waals surface area contributed by atoms with E-state index in [-0.39, 0.29) is 23.6 Å². The summed E-state index contributed by atoms with van der Waals surface area (Å²) in [4.78, 5) is 53.3. The summed E-state index contributed by atoms with van der Waals surface area (Å²) in [5.41, 5.74) is 7.35. The predicted molar refractivity (Wildman–Crippen MR) is 143 cm³/mol. The summed E-state index contributed by atoms with van der Waals surface area (Å²) < 4.78 is 8.30. The maximum atomic E-state index is 12.8. The molecule has 3 N–H and O–H groups in total. The average Bonchev–Trinajstić information content (AvgIpc) is 3.16. The van der Waals surface area contributed by atoms with Gasteiger partial charge >= 0.3 is 11.7 Å². The van der Waals surface area contributed by atoms with Crippen molar-refractivity contribution >= 4 is 29.5 Å². The van der Waals surface area contributed by atoms with Crippen molar-refractivity contribution < 1.29 is 14.3 Å². The Morgan fingerprint density at radius 3 is 2.50 bits per heavy atom. The molecule has 0 atom stereocenters. The first-order valence-corrected chi connectivity index (χ1v) is 12.0. The van der Waals surface area contributed by atoms with Gasteiger partial charge in [-0.25, -0.2) is 9.59 Å². The lowest BCUT2D eigenvalue weighted by molar-refractivity contribution is -0.143. The number of hydrogen-bond donors (Lipinski definition) is 2. The number of nitrogens with two attached hydrogens (primary N) is 1. The van der Waals surface area contributed by atoms with Crippen molar-refractivity contribution in [1.29, 1.82) is 5.26 Å². The zero-order chi connectivity index (χ0) is 28.0. The number of nitrogens with zero attached hydrogens (tertiary/aromatic N) is 4. The highest BCUT2D eigenvalue weighted by atomic mass is 16.5. The van der Waals surface area contributed by atoms with Gasteiger partial charge in [0.15, 0.2) is 12.3 Å². The summed E-state index contributed by atoms with van der Waals surface area (Å²) in [6.07, 6.45) is 2.35. The normalized spacial score (nSPS) is 11.2. The van der Waals surface area contributed by atoms with E-state index in [2.05, 4.69) is 16.5 Å². The SMILES string of the molecule is CCCn1c(C)cc(/C=C(\C#N)C(=O)OCC(=O)N(C)c2c(N)n(Cc3ccccc3)c(=O)[nH]c2=O)c1C. The Balaban J connectivity index is 1.78. The molecule has 38 heavy (non-hydrogen) atoms. The van der Waals surface area contributed by atoms with Gasteiger partial charge in [0.05, 0.1) is 6.54 Å². The first-order valence-electron chi connectivity index (χ1n) is 12.0. The fraction of sp³-hybridized carbons (Fsp3) is 0.296. The number of ether oxygens (including phenoxy) is 1. The summed E-state index contributed by atoms with van der Waals surface area (Å²) in [5, 5.41) is 9.52. The molecule has 0 aliphatic carbocycles. The second kappa shape index (κ2) is 11.9. The van der Waals surface area contributed by atoms with Crippen molar-refractivity contribution in [3.63, 3.8) is 0 Å². The lowest BCUT2D eigenvalue weighted by Gasteiger charge is -2.20. The van der Waals surface area contributed by atoms with Crippen LogP contribution in [0.4, 0.5) is 11.5 Å². The van der Waals surface area contributed by atoms with Gasteiger partial charge in [0.25, 0.3) is 11.5 Å². The van der Waals surface area contributed by atoms with E-state index in [9.17, 15) is 24.4 Å². The Kier molecular flexibility index (Phi) is 8.70. The summed E-state index contributed by atoms with van der Waals surface area (Å²) in [7, 11) is 1.28. The summed E-state index contributed by atoms with van der Waals surface area (Å²) >= 11 is 0. The number of carbonyl (C=O) groups excluding carboxylic acids is 2. The Morgan fingerprint density at radius 1 is 1.18 bits per heavy atom. The van der Waals surface area contributed by atoms with Gasteiger partial charge in [-0.2, -0.15) is 5.26 Å². The molecule has 0 aliphatic rings. The average molecular weight is 519 g/mol. The number of benzene rings is 1.